The molecule has 7 N–H and O–H groups in total. The normalized spacial score (nSPS) is 26.3. The van der Waals surface area contributed by atoms with Gasteiger partial charge in [-0.25, -0.2) is 0 Å². The summed E-state index contributed by atoms with van der Waals surface area (Å²) >= 11 is 3.25. The summed E-state index contributed by atoms with van der Waals surface area (Å²) in [6, 6.07) is 11.6. The molecule has 6 rings (SSSR count). The van der Waals surface area contributed by atoms with E-state index in [0.717, 1.165) is 75.6 Å². The van der Waals surface area contributed by atoms with Gasteiger partial charge in [0.2, 0.25) is 0 Å². The molecule has 0 radical (unpaired) electrons. The third-order valence-electron chi connectivity index (χ3n) is 11.2. The molecule has 0 aliphatic heterocycles. The van der Waals surface area contributed by atoms with E-state index >= 15 is 0 Å². The number of carbonyl (C=O) groups is 1. The molecule has 0 saturated heterocycles. The van der Waals surface area contributed by atoms with E-state index in [0.29, 0.717) is 42.9 Å². The predicted molar refractivity (Wildman–Crippen MR) is 208 cm³/mol. The highest BCUT2D eigenvalue weighted by atomic mass is 32.1. The first-order valence-electron chi connectivity index (χ1n) is 18.2. The highest BCUT2D eigenvalue weighted by molar-refractivity contribution is 7.23. The minimum absolute atomic E-state index is 0.101. The number of fused-ring (bicyclic) bond motifs is 3. The molecule has 3 bridgehead atoms. The molecular weight excluding hydrogens is 677 g/mol. The van der Waals surface area contributed by atoms with Crippen LogP contribution in [0.25, 0.3) is 9.75 Å². The van der Waals surface area contributed by atoms with Gasteiger partial charge in [0.15, 0.2) is 11.7 Å². The van der Waals surface area contributed by atoms with Gasteiger partial charge in [0.25, 0.3) is 0 Å². The zero-order valence-corrected chi connectivity index (χ0v) is 31.4. The number of Topliss-reactive ketones (excluding diaryl/α,β-unsaturated/α-hetero) is 1. The van der Waals surface area contributed by atoms with Crippen LogP contribution < -0.4 is 16.4 Å². The van der Waals surface area contributed by atoms with Crippen LogP contribution in [-0.2, 0) is 6.42 Å². The van der Waals surface area contributed by atoms with Crippen molar-refractivity contribution < 1.29 is 20.1 Å². The first kappa shape index (κ1) is 37.0. The fraction of sp³-hybridized carbons (Fsp3) is 0.512. The van der Waals surface area contributed by atoms with E-state index in [1.165, 1.54) is 0 Å². The molecular formula is C41H50N4O4S2. The number of benzene rings is 1. The van der Waals surface area contributed by atoms with E-state index in [2.05, 4.69) is 51.4 Å². The van der Waals surface area contributed by atoms with Gasteiger partial charge in [-0.1, -0.05) is 17.8 Å². The summed E-state index contributed by atoms with van der Waals surface area (Å²) in [7, 11) is 1.68. The zero-order valence-electron chi connectivity index (χ0n) is 29.8. The van der Waals surface area contributed by atoms with Crippen LogP contribution in [0.5, 0.6) is 5.75 Å². The van der Waals surface area contributed by atoms with Gasteiger partial charge in [-0.3, -0.25) is 9.79 Å². The molecule has 0 amide bonds. The molecule has 51 heavy (non-hydrogen) atoms. The van der Waals surface area contributed by atoms with Crippen LogP contribution >= 0.6 is 22.7 Å². The van der Waals surface area contributed by atoms with E-state index in [1.54, 1.807) is 48.8 Å². The lowest BCUT2D eigenvalue weighted by Crippen LogP contribution is -2.50. The summed E-state index contributed by atoms with van der Waals surface area (Å²) in [6.07, 6.45) is 6.70. The highest BCUT2D eigenvalue weighted by Crippen LogP contribution is 2.61. The molecule has 8 nitrogen and oxygen atoms in total. The fourth-order valence-corrected chi connectivity index (χ4v) is 11.0. The number of phenolic OH excluding ortho intramolecular Hbond substituents is 1. The van der Waals surface area contributed by atoms with E-state index < -0.39 is 6.10 Å². The van der Waals surface area contributed by atoms with Crippen molar-refractivity contribution in [1.82, 2.24) is 5.32 Å². The van der Waals surface area contributed by atoms with Gasteiger partial charge in [-0.2, -0.15) is 0 Å². The summed E-state index contributed by atoms with van der Waals surface area (Å²) in [6.45, 7) is 4.04. The third kappa shape index (κ3) is 8.31. The van der Waals surface area contributed by atoms with Gasteiger partial charge < -0.3 is 31.7 Å². The molecule has 1 spiro atoms. The van der Waals surface area contributed by atoms with Crippen LogP contribution in [0.3, 0.4) is 0 Å². The van der Waals surface area contributed by atoms with Gasteiger partial charge >= 0.3 is 0 Å². The van der Waals surface area contributed by atoms with Crippen LogP contribution in [0.2, 0.25) is 0 Å². The number of anilines is 1. The largest absolute Gasteiger partial charge is 0.508 e. The Labute approximate surface area is 310 Å². The Balaban J connectivity index is 1.39. The maximum absolute atomic E-state index is 14.7. The first-order valence-corrected chi connectivity index (χ1v) is 19.8. The lowest BCUT2D eigenvalue weighted by Gasteiger charge is -2.47. The van der Waals surface area contributed by atoms with Crippen molar-refractivity contribution in [3.8, 4) is 39.2 Å². The quantitative estimate of drug-likeness (QED) is 0.0597. The van der Waals surface area contributed by atoms with Gasteiger partial charge in [0.05, 0.1) is 27.1 Å². The van der Waals surface area contributed by atoms with Crippen molar-refractivity contribution in [2.24, 2.45) is 39.8 Å². The van der Waals surface area contributed by atoms with Crippen LogP contribution in [0.1, 0.15) is 90.9 Å². The topological polar surface area (TPSA) is 140 Å². The number of aromatic hydroxyl groups is 1. The molecule has 2 saturated carbocycles. The summed E-state index contributed by atoms with van der Waals surface area (Å²) in [5.74, 6) is 14.6. The molecule has 0 unspecified atom stereocenters. The molecule has 10 heteroatoms. The number of phenols is 1. The van der Waals surface area contributed by atoms with Gasteiger partial charge in [-0.15, -0.1) is 28.6 Å². The minimum atomic E-state index is -0.570. The second-order valence-electron chi connectivity index (χ2n) is 14.6. The minimum Gasteiger partial charge on any atom is -0.508 e. The number of nitrogens with two attached hydrogens (primary N) is 1. The van der Waals surface area contributed by atoms with Crippen LogP contribution in [0, 0.1) is 52.8 Å². The average molecular weight is 727 g/mol. The summed E-state index contributed by atoms with van der Waals surface area (Å²) in [5, 5.41) is 37.6. The third-order valence-corrected chi connectivity index (χ3v) is 13.5. The Kier molecular flexibility index (Phi) is 11.8. The Hall–Kier alpha value is -3.80. The van der Waals surface area contributed by atoms with E-state index in [-0.39, 0.29) is 41.4 Å². The molecule has 1 aromatic carbocycles. The first-order chi connectivity index (χ1) is 24.6. The number of nitrogens with zero attached hydrogens (tertiary/aromatic N) is 1. The van der Waals surface area contributed by atoms with Crippen molar-refractivity contribution in [3.63, 3.8) is 0 Å². The molecule has 2 aromatic heterocycles. The molecule has 3 aliphatic rings. The van der Waals surface area contributed by atoms with Gasteiger partial charge in [0, 0.05) is 54.4 Å². The number of aliphatic hydroxyl groups is 2. The molecule has 2 heterocycles. The Morgan fingerprint density at radius 2 is 1.92 bits per heavy atom. The molecule has 3 aliphatic carbocycles. The molecule has 270 valence electrons. The van der Waals surface area contributed by atoms with Crippen LogP contribution in [0.15, 0.2) is 41.4 Å². The van der Waals surface area contributed by atoms with Gasteiger partial charge in [-0.05, 0) is 124 Å². The lowest BCUT2D eigenvalue weighted by atomic mass is 9.58. The number of hydrogen-bond acceptors (Lipinski definition) is 8. The van der Waals surface area contributed by atoms with Crippen molar-refractivity contribution in [1.29, 1.82) is 0 Å². The Bertz CT molecular complexity index is 1870. The van der Waals surface area contributed by atoms with Crippen molar-refractivity contribution >= 4 is 40.1 Å². The van der Waals surface area contributed by atoms with Crippen LogP contribution in [-0.4, -0.2) is 59.4 Å². The number of aliphatic hydroxyl groups excluding tert-OH is 2. The number of aliphatic imine (C=N–C) groups is 1. The second-order valence-corrected chi connectivity index (χ2v) is 16.8. The number of thiophene rings is 2. The number of carbonyl (C=O) groups excluding carboxylic acids is 1. The highest BCUT2D eigenvalue weighted by Gasteiger charge is 2.55. The predicted octanol–water partition coefficient (Wildman–Crippen LogP) is 6.63. The fourth-order valence-electron chi connectivity index (χ4n) is 8.97. The SMILES string of the molecule is CC#Cc1ccc(-c2ccc(C(=O)[C@@H]3CC[C@H]4C[C@@]35C[C@@H](CC#Cc3c(cc(O)cc3NC[C@H](C)O)C[C@@H]4NC(N)=NC)[C@H](CCCO)C5)s2)s1. The average Bonchev–Trinajstić information content (AvgIpc) is 3.86. The standard InChI is InChI=1S/C41H50N4O4S2/c1-4-7-31-12-14-36(50-31)37-15-16-38(51-37)39(49)33-13-11-28-23-41(33)21-26(27(22-41)9-6-17-46)8-5-10-32-29(19-34(28)45-40(42)43-3)18-30(48)20-35(32)44-24-25(2)47/h12,14-16,18,20,25-28,33-34,44,46-48H,6,8-9,11,13,17,19,21-24H2,1-3H3,(H3,42,43,45)/t25-,26+,27+,28-,33-,34-,41-/m0/s1. The van der Waals surface area contributed by atoms with E-state index in [9.17, 15) is 20.1 Å². The number of guanidine groups is 1. The summed E-state index contributed by atoms with van der Waals surface area (Å²) in [4.78, 5) is 23.0. The maximum atomic E-state index is 14.7. The van der Waals surface area contributed by atoms with Crippen molar-refractivity contribution in [3.05, 3.63) is 57.3 Å². The van der Waals surface area contributed by atoms with Gasteiger partial charge in [0.1, 0.15) is 5.75 Å². The lowest BCUT2D eigenvalue weighted by molar-refractivity contribution is 0.0374. The smallest absolute Gasteiger partial charge is 0.188 e. The number of nitrogens with one attached hydrogen (secondary N) is 2. The maximum Gasteiger partial charge on any atom is 0.188 e. The summed E-state index contributed by atoms with van der Waals surface area (Å²) < 4.78 is 0. The second kappa shape index (κ2) is 16.3. The van der Waals surface area contributed by atoms with E-state index in [4.69, 9.17) is 5.73 Å². The van der Waals surface area contributed by atoms with Crippen molar-refractivity contribution in [2.45, 2.75) is 83.8 Å². The van der Waals surface area contributed by atoms with E-state index in [1.807, 2.05) is 19.1 Å². The Morgan fingerprint density at radius 3 is 2.69 bits per heavy atom. The zero-order chi connectivity index (χ0) is 36.1. The molecule has 3 aromatic rings. The monoisotopic (exact) mass is 726 g/mol. The molecule has 2 fully saturated rings. The number of hydrogen-bond donors (Lipinski definition) is 6. The summed E-state index contributed by atoms with van der Waals surface area (Å²) in [5.41, 5.74) is 8.58. The molecule has 7 atom stereocenters. The Morgan fingerprint density at radius 1 is 1.14 bits per heavy atom. The number of rotatable bonds is 10. The number of ketones is 1. The van der Waals surface area contributed by atoms with Crippen LogP contribution in [0.4, 0.5) is 5.69 Å². The van der Waals surface area contributed by atoms with Crippen molar-refractivity contribution in [2.75, 3.05) is 25.5 Å².